The van der Waals surface area contributed by atoms with Crippen molar-refractivity contribution in [3.05, 3.63) is 24.3 Å². The van der Waals surface area contributed by atoms with E-state index in [1.165, 1.54) is 0 Å². The molecule has 0 spiro atoms. The van der Waals surface area contributed by atoms with Gasteiger partial charge in [0.25, 0.3) is 0 Å². The quantitative estimate of drug-likeness (QED) is 0.772. The minimum Gasteiger partial charge on any atom is -0.494 e. The van der Waals surface area contributed by atoms with Gasteiger partial charge in [0.15, 0.2) is 0 Å². The third-order valence-corrected chi connectivity index (χ3v) is 2.14. The number of benzene rings is 1. The zero-order chi connectivity index (χ0) is 12.7. The van der Waals surface area contributed by atoms with Gasteiger partial charge in [0.1, 0.15) is 18.1 Å². The summed E-state index contributed by atoms with van der Waals surface area (Å²) in [6.45, 7) is 10.6. The summed E-state index contributed by atoms with van der Waals surface area (Å²) in [5.74, 6) is 1.71. The van der Waals surface area contributed by atoms with E-state index in [9.17, 15) is 0 Å². The molecule has 0 radical (unpaired) electrons. The third-order valence-electron chi connectivity index (χ3n) is 2.14. The number of nitrogens with one attached hydrogen (secondary N) is 1. The van der Waals surface area contributed by atoms with Gasteiger partial charge in [-0.2, -0.15) is 0 Å². The lowest BCUT2D eigenvalue weighted by molar-refractivity contribution is 0.287. The van der Waals surface area contributed by atoms with Gasteiger partial charge in [0.05, 0.1) is 6.61 Å². The zero-order valence-corrected chi connectivity index (χ0v) is 11.2. The lowest BCUT2D eigenvalue weighted by Gasteiger charge is -2.20. The van der Waals surface area contributed by atoms with Gasteiger partial charge in [0.2, 0.25) is 0 Å². The lowest BCUT2D eigenvalue weighted by Crippen LogP contribution is -2.38. The Balaban J connectivity index is 2.34. The normalized spacial score (nSPS) is 11.3. The van der Waals surface area contributed by atoms with Gasteiger partial charge in [-0.1, -0.05) is 6.07 Å². The molecule has 0 aliphatic carbocycles. The minimum absolute atomic E-state index is 0.135. The van der Waals surface area contributed by atoms with E-state index >= 15 is 0 Å². The predicted molar refractivity (Wildman–Crippen MR) is 70.9 cm³/mol. The van der Waals surface area contributed by atoms with E-state index in [1.54, 1.807) is 0 Å². The molecule has 3 nitrogen and oxygen atoms in total. The Hall–Kier alpha value is -1.22. The van der Waals surface area contributed by atoms with E-state index in [0.717, 1.165) is 18.0 Å². The summed E-state index contributed by atoms with van der Waals surface area (Å²) in [7, 11) is 0. The molecule has 0 heterocycles. The number of hydrogen-bond donors (Lipinski definition) is 1. The Labute approximate surface area is 104 Å². The fraction of sp³-hybridized carbons (Fsp3) is 0.571. The van der Waals surface area contributed by atoms with Crippen LogP contribution in [0.4, 0.5) is 0 Å². The van der Waals surface area contributed by atoms with Gasteiger partial charge >= 0.3 is 0 Å². The summed E-state index contributed by atoms with van der Waals surface area (Å²) in [5, 5.41) is 3.38. The van der Waals surface area contributed by atoms with E-state index in [0.29, 0.717) is 13.2 Å². The average molecular weight is 237 g/mol. The van der Waals surface area contributed by atoms with Crippen molar-refractivity contribution in [2.75, 3.05) is 19.8 Å². The van der Waals surface area contributed by atoms with Crippen LogP contribution in [0.1, 0.15) is 27.7 Å². The summed E-state index contributed by atoms with van der Waals surface area (Å²) in [6.07, 6.45) is 0. The van der Waals surface area contributed by atoms with Crippen molar-refractivity contribution in [2.24, 2.45) is 0 Å². The number of ether oxygens (including phenoxy) is 2. The Morgan fingerprint density at radius 3 is 2.35 bits per heavy atom. The second-order valence-electron chi connectivity index (χ2n) is 4.93. The number of hydrogen-bond acceptors (Lipinski definition) is 3. The standard InChI is InChI=1S/C14H23NO2/c1-5-16-12-7-6-8-13(11-12)17-10-9-15-14(2,3)4/h6-8,11,15H,5,9-10H2,1-4H3. The highest BCUT2D eigenvalue weighted by molar-refractivity contribution is 5.32. The Kier molecular flexibility index (Phi) is 5.29. The van der Waals surface area contributed by atoms with Gasteiger partial charge in [0, 0.05) is 18.2 Å². The molecule has 1 aromatic rings. The maximum atomic E-state index is 5.65. The minimum atomic E-state index is 0.135. The molecule has 0 fully saturated rings. The maximum absolute atomic E-state index is 5.65. The van der Waals surface area contributed by atoms with Crippen LogP contribution in [0.2, 0.25) is 0 Å². The van der Waals surface area contributed by atoms with Crippen LogP contribution in [0.3, 0.4) is 0 Å². The number of rotatable bonds is 6. The molecule has 0 saturated carbocycles. The summed E-state index contributed by atoms with van der Waals surface area (Å²) in [5.41, 5.74) is 0.135. The monoisotopic (exact) mass is 237 g/mol. The fourth-order valence-electron chi connectivity index (χ4n) is 1.42. The van der Waals surface area contributed by atoms with Crippen molar-refractivity contribution in [1.29, 1.82) is 0 Å². The molecule has 0 aromatic heterocycles. The van der Waals surface area contributed by atoms with E-state index in [-0.39, 0.29) is 5.54 Å². The Morgan fingerprint density at radius 1 is 1.12 bits per heavy atom. The first-order chi connectivity index (χ1) is 8.01. The van der Waals surface area contributed by atoms with Crippen LogP contribution in [0.5, 0.6) is 11.5 Å². The summed E-state index contributed by atoms with van der Waals surface area (Å²) in [6, 6.07) is 7.74. The van der Waals surface area contributed by atoms with Gasteiger partial charge in [-0.25, -0.2) is 0 Å². The molecule has 1 aromatic carbocycles. The van der Waals surface area contributed by atoms with Crippen molar-refractivity contribution < 1.29 is 9.47 Å². The Morgan fingerprint density at radius 2 is 1.76 bits per heavy atom. The fourth-order valence-corrected chi connectivity index (χ4v) is 1.42. The molecule has 3 heteroatoms. The maximum Gasteiger partial charge on any atom is 0.123 e. The van der Waals surface area contributed by atoms with Crippen molar-refractivity contribution >= 4 is 0 Å². The average Bonchev–Trinajstić information content (AvgIpc) is 2.24. The first-order valence-electron chi connectivity index (χ1n) is 6.12. The van der Waals surface area contributed by atoms with Gasteiger partial charge in [-0.3, -0.25) is 0 Å². The van der Waals surface area contributed by atoms with Crippen molar-refractivity contribution in [1.82, 2.24) is 5.32 Å². The molecule has 0 aliphatic heterocycles. The molecule has 0 aliphatic rings. The van der Waals surface area contributed by atoms with Gasteiger partial charge < -0.3 is 14.8 Å². The molecule has 96 valence electrons. The summed E-state index contributed by atoms with van der Waals surface area (Å²) < 4.78 is 11.1. The molecule has 0 saturated heterocycles. The molecule has 0 bridgehead atoms. The highest BCUT2D eigenvalue weighted by Gasteiger charge is 2.07. The van der Waals surface area contributed by atoms with Crippen molar-refractivity contribution in [2.45, 2.75) is 33.2 Å². The van der Waals surface area contributed by atoms with Gasteiger partial charge in [-0.15, -0.1) is 0 Å². The molecule has 17 heavy (non-hydrogen) atoms. The third kappa shape index (κ3) is 6.17. The second-order valence-corrected chi connectivity index (χ2v) is 4.93. The Bertz CT molecular complexity index is 331. The first kappa shape index (κ1) is 13.8. The predicted octanol–water partition coefficient (Wildman–Crippen LogP) is 2.85. The van der Waals surface area contributed by atoms with E-state index in [1.807, 2.05) is 31.2 Å². The molecular formula is C14H23NO2. The van der Waals surface area contributed by atoms with Crippen LogP contribution in [-0.2, 0) is 0 Å². The molecule has 0 atom stereocenters. The molecule has 0 amide bonds. The van der Waals surface area contributed by atoms with Crippen LogP contribution in [-0.4, -0.2) is 25.3 Å². The van der Waals surface area contributed by atoms with Crippen LogP contribution in [0, 0.1) is 0 Å². The molecule has 1 N–H and O–H groups in total. The van der Waals surface area contributed by atoms with Crippen LogP contribution >= 0.6 is 0 Å². The van der Waals surface area contributed by atoms with E-state index < -0.39 is 0 Å². The summed E-state index contributed by atoms with van der Waals surface area (Å²) >= 11 is 0. The van der Waals surface area contributed by atoms with Crippen molar-refractivity contribution in [3.8, 4) is 11.5 Å². The highest BCUT2D eigenvalue weighted by Crippen LogP contribution is 2.19. The largest absolute Gasteiger partial charge is 0.494 e. The van der Waals surface area contributed by atoms with E-state index in [4.69, 9.17) is 9.47 Å². The van der Waals surface area contributed by atoms with Crippen LogP contribution in [0.25, 0.3) is 0 Å². The van der Waals surface area contributed by atoms with Crippen LogP contribution < -0.4 is 14.8 Å². The molecular weight excluding hydrogens is 214 g/mol. The SMILES string of the molecule is CCOc1cccc(OCCNC(C)(C)C)c1. The van der Waals surface area contributed by atoms with E-state index in [2.05, 4.69) is 26.1 Å². The first-order valence-corrected chi connectivity index (χ1v) is 6.12. The van der Waals surface area contributed by atoms with Gasteiger partial charge in [-0.05, 0) is 39.8 Å². The lowest BCUT2D eigenvalue weighted by atomic mass is 10.1. The van der Waals surface area contributed by atoms with Crippen molar-refractivity contribution in [3.63, 3.8) is 0 Å². The van der Waals surface area contributed by atoms with Crippen LogP contribution in [0.15, 0.2) is 24.3 Å². The zero-order valence-electron chi connectivity index (χ0n) is 11.2. The molecule has 0 unspecified atom stereocenters. The molecule has 1 rings (SSSR count). The smallest absolute Gasteiger partial charge is 0.123 e. The topological polar surface area (TPSA) is 30.5 Å². The second kappa shape index (κ2) is 6.50. The highest BCUT2D eigenvalue weighted by atomic mass is 16.5. The summed E-state index contributed by atoms with van der Waals surface area (Å²) in [4.78, 5) is 0.